The lowest BCUT2D eigenvalue weighted by Crippen LogP contribution is -2.66. The van der Waals surface area contributed by atoms with Gasteiger partial charge in [-0.3, -0.25) is 38.9 Å². The van der Waals surface area contributed by atoms with E-state index in [0.29, 0.717) is 30.7 Å². The van der Waals surface area contributed by atoms with Crippen molar-refractivity contribution in [3.05, 3.63) is 34.4 Å². The van der Waals surface area contributed by atoms with Gasteiger partial charge in [0.2, 0.25) is 23.6 Å². The molecule has 0 radical (unpaired) electrons. The standard InChI is InChI=1S/C26H34N6O8S/c1-15(27-25(38)26(2)20(33)10-11-21(34)30-26)24(37)31-13-4-5-19(31)23(36)29-18(12-14-41-3)22(35)28-16-6-8-17(9-7-16)32(39)40/h6-9,15,18-19H,4-5,10-14H2,1-3H3,(H,27,38)(H,28,35)(H,29,36)(H,30,34)/t15-,18-,19-,26+/m0/s1. The lowest BCUT2D eigenvalue weighted by atomic mass is 9.88. The van der Waals surface area contributed by atoms with Crippen LogP contribution in [0.5, 0.6) is 0 Å². The lowest BCUT2D eigenvalue weighted by Gasteiger charge is -2.33. The van der Waals surface area contributed by atoms with E-state index in [2.05, 4.69) is 21.3 Å². The number of carbonyl (C=O) groups excluding carboxylic acids is 6. The third kappa shape index (κ3) is 7.60. The van der Waals surface area contributed by atoms with Gasteiger partial charge in [0.1, 0.15) is 18.1 Å². The summed E-state index contributed by atoms with van der Waals surface area (Å²) >= 11 is 1.48. The van der Waals surface area contributed by atoms with Gasteiger partial charge in [-0.05, 0) is 57.3 Å². The topological polar surface area (TPSA) is 197 Å². The molecule has 2 aliphatic rings. The highest BCUT2D eigenvalue weighted by atomic mass is 32.2. The minimum Gasteiger partial charge on any atom is -0.342 e. The first-order valence-electron chi connectivity index (χ1n) is 13.2. The van der Waals surface area contributed by atoms with Crippen molar-refractivity contribution >= 4 is 58.5 Å². The molecule has 0 unspecified atom stereocenters. The van der Waals surface area contributed by atoms with Crippen molar-refractivity contribution in [3.8, 4) is 0 Å². The van der Waals surface area contributed by atoms with Crippen molar-refractivity contribution in [2.75, 3.05) is 23.9 Å². The number of ketones is 1. The number of anilines is 1. The predicted molar refractivity (Wildman–Crippen MR) is 150 cm³/mol. The Morgan fingerprint density at radius 2 is 1.85 bits per heavy atom. The van der Waals surface area contributed by atoms with E-state index in [9.17, 15) is 38.9 Å². The molecule has 2 aliphatic heterocycles. The van der Waals surface area contributed by atoms with Crippen LogP contribution in [0.25, 0.3) is 0 Å². The van der Waals surface area contributed by atoms with Crippen LogP contribution in [0.3, 0.4) is 0 Å². The molecule has 2 saturated heterocycles. The van der Waals surface area contributed by atoms with Gasteiger partial charge in [0.15, 0.2) is 11.3 Å². The number of hydrogen-bond acceptors (Lipinski definition) is 9. The Kier molecular flexibility index (Phi) is 10.4. The summed E-state index contributed by atoms with van der Waals surface area (Å²) in [5, 5.41) is 21.2. The molecule has 0 saturated carbocycles. The summed E-state index contributed by atoms with van der Waals surface area (Å²) in [6.07, 6.45) is 2.95. The van der Waals surface area contributed by atoms with E-state index in [1.165, 1.54) is 54.8 Å². The number of piperidine rings is 1. The van der Waals surface area contributed by atoms with E-state index in [0.717, 1.165) is 0 Å². The highest BCUT2D eigenvalue weighted by molar-refractivity contribution is 7.98. The number of nitrogens with zero attached hydrogens (tertiary/aromatic N) is 2. The first-order valence-corrected chi connectivity index (χ1v) is 14.6. The van der Waals surface area contributed by atoms with E-state index in [4.69, 9.17) is 0 Å². The summed E-state index contributed by atoms with van der Waals surface area (Å²) in [6, 6.07) is 2.40. The van der Waals surface area contributed by atoms with Gasteiger partial charge in [0.05, 0.1) is 4.92 Å². The number of Topliss-reactive ketones (excluding diaryl/α,β-unsaturated/α-hetero) is 1. The first kappa shape index (κ1) is 31.5. The average molecular weight is 591 g/mol. The van der Waals surface area contributed by atoms with Crippen molar-refractivity contribution in [1.29, 1.82) is 0 Å². The van der Waals surface area contributed by atoms with Crippen molar-refractivity contribution in [2.24, 2.45) is 0 Å². The van der Waals surface area contributed by atoms with E-state index >= 15 is 0 Å². The molecule has 41 heavy (non-hydrogen) atoms. The molecule has 0 bridgehead atoms. The van der Waals surface area contributed by atoms with Gasteiger partial charge in [-0.15, -0.1) is 0 Å². The van der Waals surface area contributed by atoms with E-state index < -0.39 is 63.9 Å². The molecule has 4 atom stereocenters. The van der Waals surface area contributed by atoms with Gasteiger partial charge in [-0.2, -0.15) is 11.8 Å². The maximum Gasteiger partial charge on any atom is 0.269 e. The summed E-state index contributed by atoms with van der Waals surface area (Å²) in [5.74, 6) is -2.72. The molecule has 3 rings (SSSR count). The summed E-state index contributed by atoms with van der Waals surface area (Å²) in [5.41, 5.74) is -1.59. The second kappa shape index (κ2) is 13.6. The summed E-state index contributed by atoms with van der Waals surface area (Å²) < 4.78 is 0. The molecule has 5 amide bonds. The summed E-state index contributed by atoms with van der Waals surface area (Å²) in [4.78, 5) is 88.2. The number of rotatable bonds is 11. The number of nitro benzene ring substituents is 1. The normalized spacial score (nSPS) is 21.8. The molecular formula is C26H34N6O8S. The molecular weight excluding hydrogens is 556 g/mol. The van der Waals surface area contributed by atoms with E-state index in [1.807, 2.05) is 6.26 Å². The second-order valence-electron chi connectivity index (χ2n) is 10.1. The number of carbonyl (C=O) groups is 6. The quantitative estimate of drug-likeness (QED) is 0.161. The van der Waals surface area contributed by atoms with E-state index in [-0.39, 0.29) is 25.1 Å². The first-order chi connectivity index (χ1) is 19.4. The molecule has 0 aromatic heterocycles. The number of thioether (sulfide) groups is 1. The number of benzene rings is 1. The zero-order valence-corrected chi connectivity index (χ0v) is 23.9. The van der Waals surface area contributed by atoms with Crippen LogP contribution in [-0.2, 0) is 28.8 Å². The van der Waals surface area contributed by atoms with Crippen LogP contribution in [0.15, 0.2) is 24.3 Å². The van der Waals surface area contributed by atoms with Crippen molar-refractivity contribution in [2.45, 2.75) is 69.6 Å². The van der Waals surface area contributed by atoms with Gasteiger partial charge < -0.3 is 26.2 Å². The Labute approximate surface area is 240 Å². The molecule has 1 aromatic carbocycles. The van der Waals surface area contributed by atoms with Crippen LogP contribution in [0.2, 0.25) is 0 Å². The van der Waals surface area contributed by atoms with Crippen LogP contribution in [0, 0.1) is 10.1 Å². The Morgan fingerprint density at radius 3 is 2.49 bits per heavy atom. The van der Waals surface area contributed by atoms with Gasteiger partial charge >= 0.3 is 0 Å². The van der Waals surface area contributed by atoms with Crippen LogP contribution in [0.4, 0.5) is 11.4 Å². The average Bonchev–Trinajstić information content (AvgIpc) is 3.43. The summed E-state index contributed by atoms with van der Waals surface area (Å²) in [6.45, 7) is 2.99. The Balaban J connectivity index is 1.65. The second-order valence-corrected chi connectivity index (χ2v) is 11.1. The molecule has 2 fully saturated rings. The van der Waals surface area contributed by atoms with Crippen LogP contribution in [0.1, 0.15) is 46.0 Å². The fraction of sp³-hybridized carbons (Fsp3) is 0.538. The smallest absolute Gasteiger partial charge is 0.269 e. The predicted octanol–water partition coefficient (Wildman–Crippen LogP) is 0.505. The van der Waals surface area contributed by atoms with E-state index in [1.54, 1.807) is 0 Å². The molecule has 1 aromatic rings. The number of amides is 5. The molecule has 2 heterocycles. The monoisotopic (exact) mass is 590 g/mol. The maximum atomic E-state index is 13.3. The zero-order valence-electron chi connectivity index (χ0n) is 23.1. The maximum absolute atomic E-state index is 13.3. The minimum absolute atomic E-state index is 0.00933. The number of nitro groups is 1. The largest absolute Gasteiger partial charge is 0.342 e. The van der Waals surface area contributed by atoms with Crippen LogP contribution in [-0.4, -0.2) is 87.4 Å². The van der Waals surface area contributed by atoms with Crippen molar-refractivity contribution < 1.29 is 33.7 Å². The highest BCUT2D eigenvalue weighted by Gasteiger charge is 2.46. The fourth-order valence-corrected chi connectivity index (χ4v) is 5.17. The molecule has 222 valence electrons. The number of likely N-dealkylation sites (tertiary alicyclic amines) is 1. The van der Waals surface area contributed by atoms with Crippen LogP contribution < -0.4 is 21.3 Å². The molecule has 0 aliphatic carbocycles. The van der Waals surface area contributed by atoms with Gasteiger partial charge in [0.25, 0.3) is 11.6 Å². The Morgan fingerprint density at radius 1 is 1.17 bits per heavy atom. The minimum atomic E-state index is -1.78. The molecule has 0 spiro atoms. The SMILES string of the molecule is CSCC[C@H](NC(=O)[C@@H]1CCCN1C(=O)[C@H](C)NC(=O)[C@]1(C)NC(=O)CCC1=O)C(=O)Nc1ccc([N+](=O)[O-])cc1. The lowest BCUT2D eigenvalue weighted by molar-refractivity contribution is -0.384. The fourth-order valence-electron chi connectivity index (χ4n) is 4.69. The number of non-ortho nitro benzene ring substituents is 1. The third-order valence-electron chi connectivity index (χ3n) is 7.13. The highest BCUT2D eigenvalue weighted by Crippen LogP contribution is 2.21. The summed E-state index contributed by atoms with van der Waals surface area (Å²) in [7, 11) is 0. The zero-order chi connectivity index (χ0) is 30.3. The Bertz CT molecular complexity index is 1220. The van der Waals surface area contributed by atoms with Gasteiger partial charge in [0, 0.05) is 37.2 Å². The molecule has 4 N–H and O–H groups in total. The van der Waals surface area contributed by atoms with Crippen molar-refractivity contribution in [1.82, 2.24) is 20.9 Å². The van der Waals surface area contributed by atoms with Crippen LogP contribution >= 0.6 is 11.8 Å². The number of nitrogens with one attached hydrogen (secondary N) is 4. The third-order valence-corrected chi connectivity index (χ3v) is 7.77. The number of hydrogen-bond donors (Lipinski definition) is 4. The molecule has 14 nitrogen and oxygen atoms in total. The Hall–Kier alpha value is -4.01. The van der Waals surface area contributed by atoms with Gasteiger partial charge in [-0.25, -0.2) is 0 Å². The van der Waals surface area contributed by atoms with Crippen molar-refractivity contribution in [3.63, 3.8) is 0 Å². The molecule has 15 heteroatoms. The van der Waals surface area contributed by atoms with Gasteiger partial charge in [-0.1, -0.05) is 0 Å².